The minimum atomic E-state index is -1.20. The van der Waals surface area contributed by atoms with Gasteiger partial charge < -0.3 is 14.9 Å². The molecule has 21 heavy (non-hydrogen) atoms. The van der Waals surface area contributed by atoms with Crippen LogP contribution in [-0.2, 0) is 16.1 Å². The van der Waals surface area contributed by atoms with E-state index in [1.54, 1.807) is 0 Å². The maximum Gasteiger partial charge on any atom is 0.411 e. The molecule has 0 radical (unpaired) electrons. The Hall–Kier alpha value is -2.08. The number of carbonyl (C=O) groups is 2. The van der Waals surface area contributed by atoms with Crippen LogP contribution in [0.25, 0.3) is 0 Å². The Morgan fingerprint density at radius 3 is 2.48 bits per heavy atom. The summed E-state index contributed by atoms with van der Waals surface area (Å²) in [7, 11) is 0. The highest BCUT2D eigenvalue weighted by Crippen LogP contribution is 2.59. The van der Waals surface area contributed by atoms with Gasteiger partial charge in [0, 0.05) is 12.0 Å². The predicted molar refractivity (Wildman–Crippen MR) is 72.5 cm³/mol. The van der Waals surface area contributed by atoms with Crippen molar-refractivity contribution in [2.75, 3.05) is 13.2 Å². The maximum absolute atomic E-state index is 12.2. The molecule has 3 aliphatic rings. The number of aliphatic hydroxyl groups is 1. The Balaban J connectivity index is 1.69. The monoisotopic (exact) mass is 291 g/mol. The van der Waals surface area contributed by atoms with Gasteiger partial charge in [0.1, 0.15) is 12.1 Å². The van der Waals surface area contributed by atoms with Gasteiger partial charge in [-0.1, -0.05) is 30.3 Å². The second kappa shape index (κ2) is 4.73. The van der Waals surface area contributed by atoms with Crippen molar-refractivity contribution >= 4 is 12.1 Å². The molecule has 0 spiro atoms. The summed E-state index contributed by atoms with van der Waals surface area (Å²) in [6.45, 7) is 0.242. The van der Waals surface area contributed by atoms with Gasteiger partial charge in [-0.2, -0.15) is 0 Å². The molecule has 6 nitrogen and oxygen atoms in total. The average Bonchev–Trinajstić information content (AvgIpc) is 2.98. The number of fused-ring (bicyclic) bond motifs is 1. The summed E-state index contributed by atoms with van der Waals surface area (Å²) in [4.78, 5) is 24.9. The fourth-order valence-electron chi connectivity index (χ4n) is 3.44. The summed E-state index contributed by atoms with van der Waals surface area (Å²) in [6.07, 6.45) is -0.0347. The van der Waals surface area contributed by atoms with E-state index < -0.39 is 23.0 Å². The summed E-state index contributed by atoms with van der Waals surface area (Å²) in [5.41, 5.74) is -0.820. The first kappa shape index (κ1) is 13.9. The van der Waals surface area contributed by atoms with E-state index in [9.17, 15) is 19.8 Å². The fourth-order valence-corrected chi connectivity index (χ4v) is 3.44. The topological polar surface area (TPSA) is 87.1 Å². The van der Waals surface area contributed by atoms with Crippen LogP contribution in [0, 0.1) is 5.41 Å². The van der Waals surface area contributed by atoms with Gasteiger partial charge in [-0.15, -0.1) is 0 Å². The molecule has 2 aliphatic heterocycles. The van der Waals surface area contributed by atoms with Crippen molar-refractivity contribution in [2.24, 2.45) is 5.41 Å². The van der Waals surface area contributed by atoms with Gasteiger partial charge in [0.2, 0.25) is 0 Å². The van der Waals surface area contributed by atoms with E-state index in [1.807, 2.05) is 30.3 Å². The number of amides is 1. The van der Waals surface area contributed by atoms with Crippen LogP contribution < -0.4 is 0 Å². The average molecular weight is 291 g/mol. The fraction of sp³-hybridized carbons (Fsp3) is 0.467. The van der Waals surface area contributed by atoms with Crippen LogP contribution in [0.5, 0.6) is 0 Å². The van der Waals surface area contributed by atoms with Crippen molar-refractivity contribution in [3.8, 4) is 0 Å². The van der Waals surface area contributed by atoms with Gasteiger partial charge in [0.15, 0.2) is 0 Å². The van der Waals surface area contributed by atoms with E-state index in [0.29, 0.717) is 12.8 Å². The molecule has 2 heterocycles. The van der Waals surface area contributed by atoms with Crippen LogP contribution in [0.1, 0.15) is 18.4 Å². The highest BCUT2D eigenvalue weighted by molar-refractivity contribution is 5.87. The summed E-state index contributed by atoms with van der Waals surface area (Å²) < 4.78 is 5.22. The van der Waals surface area contributed by atoms with Crippen LogP contribution in [0.2, 0.25) is 0 Å². The van der Waals surface area contributed by atoms with Gasteiger partial charge in [0.05, 0.1) is 6.61 Å². The van der Waals surface area contributed by atoms with Crippen molar-refractivity contribution in [2.45, 2.75) is 25.0 Å². The Morgan fingerprint density at radius 1 is 1.24 bits per heavy atom. The van der Waals surface area contributed by atoms with E-state index in [0.717, 1.165) is 5.56 Å². The van der Waals surface area contributed by atoms with Gasteiger partial charge in [-0.25, -0.2) is 9.59 Å². The quantitative estimate of drug-likeness (QED) is 0.871. The van der Waals surface area contributed by atoms with Gasteiger partial charge in [-0.05, 0) is 18.4 Å². The van der Waals surface area contributed by atoms with Crippen molar-refractivity contribution in [1.29, 1.82) is 0 Å². The zero-order valence-electron chi connectivity index (χ0n) is 11.5. The molecular weight excluding hydrogens is 274 g/mol. The third-order valence-electron chi connectivity index (χ3n) is 4.50. The van der Waals surface area contributed by atoms with E-state index in [2.05, 4.69) is 0 Å². The van der Waals surface area contributed by atoms with Crippen molar-refractivity contribution in [3.05, 3.63) is 35.9 Å². The summed E-state index contributed by atoms with van der Waals surface area (Å²) in [6, 6.07) is 9.22. The lowest BCUT2D eigenvalue weighted by Gasteiger charge is -2.43. The summed E-state index contributed by atoms with van der Waals surface area (Å²) in [5, 5.41) is 18.8. The number of aliphatic hydroxyl groups excluding tert-OH is 1. The first-order chi connectivity index (χ1) is 10.0. The maximum atomic E-state index is 12.2. The van der Waals surface area contributed by atoms with E-state index in [-0.39, 0.29) is 19.8 Å². The van der Waals surface area contributed by atoms with Crippen LogP contribution in [0.4, 0.5) is 4.79 Å². The first-order valence-electron chi connectivity index (χ1n) is 6.84. The second-order valence-corrected chi connectivity index (χ2v) is 5.97. The molecule has 2 saturated heterocycles. The van der Waals surface area contributed by atoms with Crippen molar-refractivity contribution in [1.82, 2.24) is 4.90 Å². The van der Waals surface area contributed by atoms with Gasteiger partial charge in [-0.3, -0.25) is 4.90 Å². The lowest BCUT2D eigenvalue weighted by atomic mass is 9.62. The molecule has 6 heteroatoms. The molecular formula is C15H17NO5. The normalized spacial score (nSPS) is 29.9. The van der Waals surface area contributed by atoms with Crippen molar-refractivity contribution in [3.63, 3.8) is 0 Å². The molecule has 1 aromatic carbocycles. The second-order valence-electron chi connectivity index (χ2n) is 5.97. The van der Waals surface area contributed by atoms with E-state index in [4.69, 9.17) is 4.74 Å². The van der Waals surface area contributed by atoms with E-state index >= 15 is 0 Å². The Kier molecular flexibility index (Phi) is 3.13. The Morgan fingerprint density at radius 2 is 1.90 bits per heavy atom. The highest BCUT2D eigenvalue weighted by Gasteiger charge is 2.71. The predicted octanol–water partition coefficient (Wildman–Crippen LogP) is 1.23. The molecule has 3 fully saturated rings. The minimum Gasteiger partial charge on any atom is -0.479 e. The van der Waals surface area contributed by atoms with Crippen LogP contribution in [-0.4, -0.2) is 45.9 Å². The number of carboxylic acids is 1. The number of carbonyl (C=O) groups excluding carboxylic acids is 1. The number of hydrogen-bond donors (Lipinski definition) is 2. The minimum absolute atomic E-state index is 0.107. The molecule has 4 rings (SSSR count). The standard InChI is InChI=1S/C15H17NO5/c17-10-14-7-15(8-14,12(18)19)16(9-14)13(20)21-6-11-4-2-1-3-5-11/h1-5,17H,6-10H2,(H,18,19). The molecule has 1 saturated carbocycles. The Bertz CT molecular complexity index is 565. The van der Waals surface area contributed by atoms with Crippen LogP contribution >= 0.6 is 0 Å². The van der Waals surface area contributed by atoms with Crippen molar-refractivity contribution < 1.29 is 24.5 Å². The number of rotatable bonds is 4. The summed E-state index contributed by atoms with van der Waals surface area (Å²) >= 11 is 0. The highest BCUT2D eigenvalue weighted by atomic mass is 16.6. The van der Waals surface area contributed by atoms with E-state index in [1.165, 1.54) is 4.90 Å². The SMILES string of the molecule is O=C(OCc1ccccc1)N1CC2(CO)CC1(C(=O)O)C2. The number of aliphatic carboxylic acids is 1. The lowest BCUT2D eigenvalue weighted by molar-refractivity contribution is -0.154. The number of benzene rings is 1. The Labute approximate surface area is 121 Å². The smallest absolute Gasteiger partial charge is 0.411 e. The third-order valence-corrected chi connectivity index (χ3v) is 4.50. The molecule has 0 unspecified atom stereocenters. The zero-order valence-corrected chi connectivity index (χ0v) is 11.5. The van der Waals surface area contributed by atoms with Gasteiger partial charge >= 0.3 is 12.1 Å². The number of carboxylic acid groups (broad SMARTS) is 1. The van der Waals surface area contributed by atoms with Crippen LogP contribution in [0.15, 0.2) is 30.3 Å². The summed E-state index contributed by atoms with van der Waals surface area (Å²) in [5.74, 6) is -1.03. The number of ether oxygens (including phenoxy) is 1. The molecule has 112 valence electrons. The first-order valence-corrected chi connectivity index (χ1v) is 6.84. The molecule has 2 N–H and O–H groups in total. The number of hydrogen-bond acceptors (Lipinski definition) is 4. The lowest BCUT2D eigenvalue weighted by Crippen LogP contribution is -2.57. The molecule has 2 bridgehead atoms. The molecule has 1 aliphatic carbocycles. The zero-order chi connectivity index (χ0) is 15.1. The van der Waals surface area contributed by atoms with Gasteiger partial charge in [0.25, 0.3) is 0 Å². The van der Waals surface area contributed by atoms with Crippen LogP contribution in [0.3, 0.4) is 0 Å². The largest absolute Gasteiger partial charge is 0.479 e. The molecule has 1 aromatic rings. The molecule has 0 aromatic heterocycles. The third kappa shape index (κ3) is 2.06. The number of nitrogens with zero attached hydrogens (tertiary/aromatic N) is 1. The molecule has 1 amide bonds. The molecule has 0 atom stereocenters.